The molecule has 0 atom stereocenters. The summed E-state index contributed by atoms with van der Waals surface area (Å²) >= 11 is 0. The summed E-state index contributed by atoms with van der Waals surface area (Å²) in [6.45, 7) is 1.23. The number of nitrogens with zero attached hydrogens (tertiary/aromatic N) is 1. The number of nitrogens with one attached hydrogen (secondary N) is 1. The summed E-state index contributed by atoms with van der Waals surface area (Å²) in [7, 11) is 2.75. The largest absolute Gasteiger partial charge is 0.493 e. The lowest BCUT2D eigenvalue weighted by Gasteiger charge is -2.13. The zero-order valence-electron chi connectivity index (χ0n) is 14.8. The number of alkyl halides is 3. The molecular weight excluding hydrogens is 365 g/mol. The summed E-state index contributed by atoms with van der Waals surface area (Å²) in [6.07, 6.45) is -3.22. The summed E-state index contributed by atoms with van der Waals surface area (Å²) < 4.78 is 54.3. The van der Waals surface area contributed by atoms with Crippen LogP contribution >= 0.6 is 0 Å². The molecule has 0 unspecified atom stereocenters. The van der Waals surface area contributed by atoms with E-state index >= 15 is 0 Å². The molecule has 0 heterocycles. The predicted molar refractivity (Wildman–Crippen MR) is 93.5 cm³/mol. The third-order valence-electron chi connectivity index (χ3n) is 3.36. The first-order valence-corrected chi connectivity index (χ1v) is 7.66. The molecule has 1 N–H and O–H groups in total. The van der Waals surface area contributed by atoms with Gasteiger partial charge in [0, 0.05) is 12.5 Å². The number of hydrogen-bond acceptors (Lipinski definition) is 6. The van der Waals surface area contributed by atoms with Crippen molar-refractivity contribution in [1.82, 2.24) is 0 Å². The van der Waals surface area contributed by atoms with E-state index in [1.54, 1.807) is 0 Å². The third-order valence-corrected chi connectivity index (χ3v) is 3.36. The van der Waals surface area contributed by atoms with Crippen molar-refractivity contribution >= 4 is 17.9 Å². The number of carbonyl (C=O) groups excluding carboxylic acids is 1. The second kappa shape index (κ2) is 8.43. The number of ether oxygens (including phenoxy) is 3. The van der Waals surface area contributed by atoms with Gasteiger partial charge >= 0.3 is 12.1 Å². The summed E-state index contributed by atoms with van der Waals surface area (Å²) in [5.41, 5.74) is 1.81. The molecule has 144 valence electrons. The summed E-state index contributed by atoms with van der Waals surface area (Å²) in [4.78, 5) is 11.2. The Labute approximate surface area is 153 Å². The smallest absolute Gasteiger partial charge is 0.418 e. The fourth-order valence-corrected chi connectivity index (χ4v) is 2.22. The molecule has 0 bridgehead atoms. The number of halogens is 3. The summed E-state index contributed by atoms with van der Waals surface area (Å²) in [5.74, 6) is -0.0400. The molecule has 9 heteroatoms. The van der Waals surface area contributed by atoms with Crippen molar-refractivity contribution in [1.29, 1.82) is 0 Å². The molecule has 6 nitrogen and oxygen atoms in total. The highest BCUT2D eigenvalue weighted by atomic mass is 19.4. The van der Waals surface area contributed by atoms with Crippen molar-refractivity contribution in [2.75, 3.05) is 19.6 Å². The van der Waals surface area contributed by atoms with Crippen molar-refractivity contribution in [2.45, 2.75) is 13.1 Å². The molecule has 0 amide bonds. The molecule has 2 rings (SSSR count). The molecular formula is C18H17F3N2O4. The second-order valence-corrected chi connectivity index (χ2v) is 5.26. The van der Waals surface area contributed by atoms with E-state index in [9.17, 15) is 18.0 Å². The standard InChI is InChI=1S/C18H17F3N2O4/c1-11(24)27-17-15(25-2)8-12(9-16(17)26-3)10-22-23-14-7-5-4-6-13(14)18(19,20)21/h4-10,23H,1-3H3/b22-10-. The number of benzene rings is 2. The number of esters is 1. The molecule has 0 spiro atoms. The van der Waals surface area contributed by atoms with Crippen LogP contribution in [0.4, 0.5) is 18.9 Å². The molecule has 27 heavy (non-hydrogen) atoms. The zero-order valence-corrected chi connectivity index (χ0v) is 14.8. The van der Waals surface area contributed by atoms with Crippen LogP contribution in [0.2, 0.25) is 0 Å². The number of hydrogen-bond donors (Lipinski definition) is 1. The Bertz CT molecular complexity index is 826. The first-order valence-electron chi connectivity index (χ1n) is 7.66. The van der Waals surface area contributed by atoms with Crippen LogP contribution in [-0.4, -0.2) is 26.4 Å². The number of anilines is 1. The van der Waals surface area contributed by atoms with Crippen molar-refractivity contribution in [2.24, 2.45) is 5.10 Å². The minimum absolute atomic E-state index is 0.0972. The Kier molecular flexibility index (Phi) is 6.27. The van der Waals surface area contributed by atoms with Crippen molar-refractivity contribution in [3.63, 3.8) is 0 Å². The van der Waals surface area contributed by atoms with E-state index in [0.717, 1.165) is 6.07 Å². The molecule has 0 saturated carbocycles. The molecule has 0 aliphatic heterocycles. The predicted octanol–water partition coefficient (Wildman–Crippen LogP) is 4.09. The summed E-state index contributed by atoms with van der Waals surface area (Å²) in [6, 6.07) is 7.99. The van der Waals surface area contributed by atoms with Gasteiger partial charge in [0.05, 0.1) is 31.7 Å². The lowest BCUT2D eigenvalue weighted by molar-refractivity contribution is -0.137. The van der Waals surface area contributed by atoms with E-state index < -0.39 is 17.7 Å². The van der Waals surface area contributed by atoms with Crippen LogP contribution in [0, 0.1) is 0 Å². The van der Waals surface area contributed by atoms with Gasteiger partial charge in [-0.15, -0.1) is 0 Å². The van der Waals surface area contributed by atoms with Crippen LogP contribution in [0.5, 0.6) is 17.2 Å². The third kappa shape index (κ3) is 5.13. The Morgan fingerprint density at radius 1 is 1.11 bits per heavy atom. The highest BCUT2D eigenvalue weighted by Gasteiger charge is 2.33. The Balaban J connectivity index is 2.29. The number of carbonyl (C=O) groups is 1. The molecule has 0 aliphatic carbocycles. The average molecular weight is 382 g/mol. The van der Waals surface area contributed by atoms with Crippen LogP contribution in [0.1, 0.15) is 18.1 Å². The minimum atomic E-state index is -4.50. The first-order chi connectivity index (χ1) is 12.8. The molecule has 0 saturated heterocycles. The number of rotatable bonds is 6. The van der Waals surface area contributed by atoms with Crippen LogP contribution in [-0.2, 0) is 11.0 Å². The van der Waals surface area contributed by atoms with E-state index in [4.69, 9.17) is 14.2 Å². The van der Waals surface area contributed by atoms with E-state index in [2.05, 4.69) is 10.5 Å². The normalized spacial score (nSPS) is 11.3. The average Bonchev–Trinajstić information content (AvgIpc) is 2.61. The fourth-order valence-electron chi connectivity index (χ4n) is 2.22. The molecule has 0 aromatic heterocycles. The van der Waals surface area contributed by atoms with Crippen LogP contribution < -0.4 is 19.6 Å². The maximum atomic E-state index is 13.0. The van der Waals surface area contributed by atoms with Gasteiger partial charge in [0.15, 0.2) is 11.5 Å². The lowest BCUT2D eigenvalue weighted by Crippen LogP contribution is -2.08. The van der Waals surface area contributed by atoms with Gasteiger partial charge in [0.1, 0.15) is 0 Å². The van der Waals surface area contributed by atoms with Gasteiger partial charge in [0.25, 0.3) is 0 Å². The van der Waals surface area contributed by atoms with Gasteiger partial charge < -0.3 is 14.2 Å². The molecule has 0 aliphatic rings. The Hall–Kier alpha value is -3.23. The molecule has 2 aromatic carbocycles. The van der Waals surface area contributed by atoms with Gasteiger partial charge in [-0.1, -0.05) is 12.1 Å². The second-order valence-electron chi connectivity index (χ2n) is 5.26. The Morgan fingerprint density at radius 2 is 1.70 bits per heavy atom. The molecule has 2 aromatic rings. The number of para-hydroxylation sites is 1. The lowest BCUT2D eigenvalue weighted by atomic mass is 10.2. The number of hydrazone groups is 1. The monoisotopic (exact) mass is 382 g/mol. The van der Waals surface area contributed by atoms with E-state index in [-0.39, 0.29) is 22.9 Å². The highest BCUT2D eigenvalue weighted by Crippen LogP contribution is 2.38. The SMILES string of the molecule is COc1cc(/C=N\Nc2ccccc2C(F)(F)F)cc(OC)c1OC(C)=O. The van der Waals surface area contributed by atoms with Crippen LogP contribution in [0.15, 0.2) is 41.5 Å². The Morgan fingerprint density at radius 3 is 2.22 bits per heavy atom. The molecule has 0 fully saturated rings. The maximum absolute atomic E-state index is 13.0. The first kappa shape index (κ1) is 20.1. The fraction of sp³-hybridized carbons (Fsp3) is 0.222. The maximum Gasteiger partial charge on any atom is 0.418 e. The highest BCUT2D eigenvalue weighted by molar-refractivity contribution is 5.84. The van der Waals surface area contributed by atoms with Gasteiger partial charge in [-0.05, 0) is 24.3 Å². The minimum Gasteiger partial charge on any atom is -0.493 e. The van der Waals surface area contributed by atoms with Gasteiger partial charge in [-0.2, -0.15) is 18.3 Å². The van der Waals surface area contributed by atoms with Gasteiger partial charge in [-0.3, -0.25) is 10.2 Å². The van der Waals surface area contributed by atoms with Crippen molar-refractivity contribution in [3.8, 4) is 17.2 Å². The topological polar surface area (TPSA) is 69.2 Å². The summed E-state index contributed by atoms with van der Waals surface area (Å²) in [5, 5.41) is 3.83. The molecule has 0 radical (unpaired) electrons. The van der Waals surface area contributed by atoms with E-state index in [0.29, 0.717) is 5.56 Å². The number of methoxy groups -OCH3 is 2. The van der Waals surface area contributed by atoms with E-state index in [1.165, 1.54) is 57.7 Å². The van der Waals surface area contributed by atoms with Crippen molar-refractivity contribution < 1.29 is 32.2 Å². The van der Waals surface area contributed by atoms with Gasteiger partial charge in [-0.25, -0.2) is 0 Å². The van der Waals surface area contributed by atoms with E-state index in [1.807, 2.05) is 0 Å². The van der Waals surface area contributed by atoms with Crippen LogP contribution in [0.25, 0.3) is 0 Å². The van der Waals surface area contributed by atoms with Gasteiger partial charge in [0.2, 0.25) is 5.75 Å². The van der Waals surface area contributed by atoms with Crippen LogP contribution in [0.3, 0.4) is 0 Å². The van der Waals surface area contributed by atoms with Crippen molar-refractivity contribution in [3.05, 3.63) is 47.5 Å². The zero-order chi connectivity index (χ0) is 20.0. The quantitative estimate of drug-likeness (QED) is 0.353.